The van der Waals surface area contributed by atoms with Gasteiger partial charge in [-0.15, -0.1) is 0 Å². The van der Waals surface area contributed by atoms with E-state index in [0.717, 1.165) is 69.2 Å². The number of nitrogens with one attached hydrogen (secondary N) is 2. The van der Waals surface area contributed by atoms with Crippen LogP contribution in [0.4, 0.5) is 17.3 Å². The molecule has 0 amide bonds. The van der Waals surface area contributed by atoms with Crippen LogP contribution in [-0.2, 0) is 0 Å². The van der Waals surface area contributed by atoms with Gasteiger partial charge >= 0.3 is 0 Å². The maximum absolute atomic E-state index is 6.42. The number of piperidine rings is 1. The van der Waals surface area contributed by atoms with Crippen LogP contribution in [0, 0.1) is 11.8 Å². The minimum absolute atomic E-state index is 0.311. The molecule has 0 radical (unpaired) electrons. The van der Waals surface area contributed by atoms with Gasteiger partial charge in [-0.25, -0.2) is 9.97 Å². The lowest BCUT2D eigenvalue weighted by Gasteiger charge is -2.41. The van der Waals surface area contributed by atoms with Crippen molar-refractivity contribution in [2.75, 3.05) is 70.8 Å². The molecule has 2 fully saturated rings. The molecule has 41 heavy (non-hydrogen) atoms. The summed E-state index contributed by atoms with van der Waals surface area (Å²) in [5.41, 5.74) is 2.95. The molecular weight excluding hydrogens is 563 g/mol. The van der Waals surface area contributed by atoms with E-state index in [-0.39, 0.29) is 0 Å². The third-order valence-electron chi connectivity index (χ3n) is 7.47. The zero-order chi connectivity index (χ0) is 28.8. The molecule has 9 nitrogen and oxygen atoms in total. The van der Waals surface area contributed by atoms with Crippen LogP contribution in [0.15, 0.2) is 36.7 Å². The lowest BCUT2D eigenvalue weighted by molar-refractivity contribution is 0.150. The van der Waals surface area contributed by atoms with Gasteiger partial charge < -0.3 is 29.7 Å². The molecule has 0 spiro atoms. The molecule has 5 rings (SSSR count). The molecule has 0 aliphatic carbocycles. The van der Waals surface area contributed by atoms with Crippen molar-refractivity contribution in [2.45, 2.75) is 18.9 Å². The van der Waals surface area contributed by atoms with Crippen LogP contribution in [-0.4, -0.2) is 81.5 Å². The molecule has 2 saturated heterocycles. The summed E-state index contributed by atoms with van der Waals surface area (Å²) in [4.78, 5) is 13.9. The summed E-state index contributed by atoms with van der Waals surface area (Å²) in [5.74, 6) is 8.11. The number of hydrogen-bond acceptors (Lipinski definition) is 9. The summed E-state index contributed by atoms with van der Waals surface area (Å²) >= 11 is 12.8. The van der Waals surface area contributed by atoms with Gasteiger partial charge in [-0.05, 0) is 25.0 Å². The van der Waals surface area contributed by atoms with E-state index in [4.69, 9.17) is 37.4 Å². The van der Waals surface area contributed by atoms with Crippen LogP contribution in [0.3, 0.4) is 0 Å². The predicted molar refractivity (Wildman–Crippen MR) is 164 cm³/mol. The van der Waals surface area contributed by atoms with Gasteiger partial charge in [-0.3, -0.25) is 4.90 Å². The van der Waals surface area contributed by atoms with Gasteiger partial charge in [0.25, 0.3) is 0 Å². The quantitative estimate of drug-likeness (QED) is 0.373. The second-order valence-electron chi connectivity index (χ2n) is 9.85. The smallest absolute Gasteiger partial charge is 0.227 e. The van der Waals surface area contributed by atoms with E-state index in [1.807, 2.05) is 12.1 Å². The summed E-state index contributed by atoms with van der Waals surface area (Å²) in [6.45, 7) is 6.50. The Balaban J connectivity index is 1.24. The molecule has 2 N–H and O–H groups in total. The van der Waals surface area contributed by atoms with Gasteiger partial charge in [0, 0.05) is 75.5 Å². The lowest BCUT2D eigenvalue weighted by atomic mass is 10.0. The van der Waals surface area contributed by atoms with Crippen LogP contribution in [0.2, 0.25) is 10.0 Å². The Kier molecular flexibility index (Phi) is 9.57. The fourth-order valence-corrected chi connectivity index (χ4v) is 5.85. The molecule has 0 saturated carbocycles. The Labute approximate surface area is 251 Å². The molecule has 0 unspecified atom stereocenters. The summed E-state index contributed by atoms with van der Waals surface area (Å²) in [6, 6.07) is 8.39. The summed E-state index contributed by atoms with van der Waals surface area (Å²) < 4.78 is 16.4. The molecule has 216 valence electrons. The van der Waals surface area contributed by atoms with Crippen molar-refractivity contribution in [3.05, 3.63) is 57.8 Å². The van der Waals surface area contributed by atoms with E-state index in [1.54, 1.807) is 25.6 Å². The van der Waals surface area contributed by atoms with Crippen molar-refractivity contribution in [3.8, 4) is 29.1 Å². The van der Waals surface area contributed by atoms with Crippen LogP contribution < -0.4 is 29.7 Å². The second-order valence-corrected chi connectivity index (χ2v) is 10.6. The minimum atomic E-state index is 0.311. The van der Waals surface area contributed by atoms with Crippen LogP contribution >= 0.6 is 23.2 Å². The SMILES string of the molecule is COc1cc(Nc2ncc(C#Cc3c(Cl)c(OC)cc(OC)c3Cl)cn2)ccc1N1CCC(N2CCNCC2)CC1. The Hall–Kier alpha value is -3.42. The fraction of sp³-hybridized carbons (Fsp3) is 0.400. The Morgan fingerprint density at radius 2 is 1.49 bits per heavy atom. The maximum Gasteiger partial charge on any atom is 0.227 e. The predicted octanol–water partition coefficient (Wildman–Crippen LogP) is 4.83. The zero-order valence-electron chi connectivity index (χ0n) is 23.5. The van der Waals surface area contributed by atoms with Crippen molar-refractivity contribution in [1.82, 2.24) is 20.2 Å². The van der Waals surface area contributed by atoms with E-state index >= 15 is 0 Å². The molecule has 0 bridgehead atoms. The van der Waals surface area contributed by atoms with Crippen molar-refractivity contribution in [2.24, 2.45) is 0 Å². The van der Waals surface area contributed by atoms with Crippen molar-refractivity contribution < 1.29 is 14.2 Å². The molecule has 11 heteroatoms. The average Bonchev–Trinajstić information content (AvgIpc) is 3.02. The Morgan fingerprint density at radius 1 is 0.854 bits per heavy atom. The second kappa shape index (κ2) is 13.5. The fourth-order valence-electron chi connectivity index (χ4n) is 5.25. The molecule has 2 aromatic carbocycles. The zero-order valence-corrected chi connectivity index (χ0v) is 25.0. The van der Waals surface area contributed by atoms with Crippen LogP contribution in [0.1, 0.15) is 24.0 Å². The highest BCUT2D eigenvalue weighted by atomic mass is 35.5. The van der Waals surface area contributed by atoms with E-state index in [9.17, 15) is 0 Å². The van der Waals surface area contributed by atoms with Gasteiger partial charge in [-0.2, -0.15) is 0 Å². The number of benzene rings is 2. The first-order valence-electron chi connectivity index (χ1n) is 13.6. The number of rotatable bonds is 7. The van der Waals surface area contributed by atoms with E-state index in [0.29, 0.717) is 44.7 Å². The normalized spacial score (nSPS) is 16.1. The first-order valence-corrected chi connectivity index (χ1v) is 14.3. The molecule has 3 aromatic rings. The summed E-state index contributed by atoms with van der Waals surface area (Å²) in [6.07, 6.45) is 5.59. The third kappa shape index (κ3) is 6.74. The molecule has 0 atom stereocenters. The van der Waals surface area contributed by atoms with Crippen molar-refractivity contribution in [1.29, 1.82) is 0 Å². The van der Waals surface area contributed by atoms with Crippen molar-refractivity contribution >= 4 is 40.5 Å². The first kappa shape index (κ1) is 29.1. The third-order valence-corrected chi connectivity index (χ3v) is 8.22. The monoisotopic (exact) mass is 596 g/mol. The number of aromatic nitrogens is 2. The number of anilines is 3. The van der Waals surface area contributed by atoms with Gasteiger partial charge in [0.2, 0.25) is 5.95 Å². The number of piperazine rings is 1. The number of halogens is 2. The van der Waals surface area contributed by atoms with E-state index < -0.39 is 0 Å². The number of hydrogen-bond donors (Lipinski definition) is 2. The molecule has 1 aromatic heterocycles. The highest BCUT2D eigenvalue weighted by molar-refractivity contribution is 6.38. The minimum Gasteiger partial charge on any atom is -0.495 e. The molecule has 3 heterocycles. The highest BCUT2D eigenvalue weighted by Gasteiger charge is 2.26. The first-order chi connectivity index (χ1) is 20.0. The standard InChI is InChI=1S/C30H34Cl2N6O3/c1-39-25-16-21(5-7-24(25)38-12-8-22(9-13-38)37-14-10-33-11-15-37)36-30-34-18-20(19-35-30)4-6-23-28(31)26(40-2)17-27(41-3)29(23)32/h5,7,16-19,22,33H,8-15H2,1-3H3,(H,34,35,36). The van der Waals surface area contributed by atoms with Gasteiger partial charge in [0.1, 0.15) is 17.2 Å². The average molecular weight is 598 g/mol. The molecular formula is C30H34Cl2N6O3. The lowest BCUT2D eigenvalue weighted by Crippen LogP contribution is -2.52. The van der Waals surface area contributed by atoms with E-state index in [2.05, 4.69) is 48.3 Å². The maximum atomic E-state index is 6.42. The largest absolute Gasteiger partial charge is 0.495 e. The van der Waals surface area contributed by atoms with Gasteiger partial charge in [0.05, 0.1) is 48.2 Å². The Morgan fingerprint density at radius 3 is 2.10 bits per heavy atom. The number of nitrogens with zero attached hydrogens (tertiary/aromatic N) is 4. The van der Waals surface area contributed by atoms with Crippen molar-refractivity contribution in [3.63, 3.8) is 0 Å². The summed E-state index contributed by atoms with van der Waals surface area (Å²) in [7, 11) is 4.74. The van der Waals surface area contributed by atoms with Crippen LogP contribution in [0.5, 0.6) is 17.2 Å². The topological polar surface area (TPSA) is 84.0 Å². The molecule has 2 aliphatic heterocycles. The van der Waals surface area contributed by atoms with E-state index in [1.165, 1.54) is 14.2 Å². The highest BCUT2D eigenvalue weighted by Crippen LogP contribution is 2.40. The number of ether oxygens (including phenoxy) is 3. The number of methoxy groups -OCH3 is 3. The van der Waals surface area contributed by atoms with Gasteiger partial charge in [-0.1, -0.05) is 35.0 Å². The van der Waals surface area contributed by atoms with Gasteiger partial charge in [0.15, 0.2) is 0 Å². The Bertz CT molecular complexity index is 1380. The van der Waals surface area contributed by atoms with Crippen LogP contribution in [0.25, 0.3) is 0 Å². The summed E-state index contributed by atoms with van der Waals surface area (Å²) in [5, 5.41) is 7.32. The molecule has 2 aliphatic rings.